The summed E-state index contributed by atoms with van der Waals surface area (Å²) < 4.78 is 38.7. The molecule has 23 heavy (non-hydrogen) atoms. The van der Waals surface area contributed by atoms with Crippen LogP contribution < -0.4 is 5.32 Å². The molecule has 2 atom stereocenters. The number of alkyl halides is 3. The van der Waals surface area contributed by atoms with Gasteiger partial charge in [-0.25, -0.2) is 4.79 Å². The third kappa shape index (κ3) is 4.10. The lowest BCUT2D eigenvalue weighted by molar-refractivity contribution is -0.187. The molecule has 1 aromatic carbocycles. The maximum Gasteiger partial charge on any atom is 0.394 e. The Kier molecular flexibility index (Phi) is 5.08. The Morgan fingerprint density at radius 2 is 1.87 bits per heavy atom. The van der Waals surface area contributed by atoms with Crippen molar-refractivity contribution in [1.82, 2.24) is 4.90 Å². The predicted molar refractivity (Wildman–Crippen MR) is 79.5 cm³/mol. The van der Waals surface area contributed by atoms with Crippen molar-refractivity contribution in [2.45, 2.75) is 11.1 Å². The van der Waals surface area contributed by atoms with Crippen LogP contribution >= 0.6 is 11.8 Å². The molecule has 126 valence electrons. The standard InChI is InChI=1S/C14H15F3N2O3S/c1-23-9-4-2-8(3-5-9)18-13(22)19-6-10(12(20)21)11(7-19)14(15,16)17/h2-5,10-11H,6-7H2,1H3,(H,18,22)(H,20,21)/t10-,11-/m1/s1. The van der Waals surface area contributed by atoms with Crippen molar-refractivity contribution in [2.75, 3.05) is 24.7 Å². The molecule has 1 fully saturated rings. The highest BCUT2D eigenvalue weighted by Crippen LogP contribution is 2.37. The molecule has 0 radical (unpaired) electrons. The molecule has 0 bridgehead atoms. The zero-order valence-electron chi connectivity index (χ0n) is 12.1. The number of rotatable bonds is 3. The Hall–Kier alpha value is -1.90. The SMILES string of the molecule is CSc1ccc(NC(=O)N2C[C@@H](C(F)(F)F)[C@H](C(=O)O)C2)cc1. The van der Waals surface area contributed by atoms with Gasteiger partial charge in [0.05, 0.1) is 11.8 Å². The summed E-state index contributed by atoms with van der Waals surface area (Å²) in [7, 11) is 0. The van der Waals surface area contributed by atoms with Crippen LogP contribution in [0.4, 0.5) is 23.7 Å². The first kappa shape index (κ1) is 17.5. The molecule has 1 aromatic rings. The predicted octanol–water partition coefficient (Wildman–Crippen LogP) is 3.14. The summed E-state index contributed by atoms with van der Waals surface area (Å²) in [5.41, 5.74) is 0.440. The Morgan fingerprint density at radius 1 is 1.26 bits per heavy atom. The second kappa shape index (κ2) is 6.69. The fourth-order valence-corrected chi connectivity index (χ4v) is 2.84. The molecule has 5 nitrogen and oxygen atoms in total. The van der Waals surface area contributed by atoms with Crippen LogP contribution in [-0.4, -0.2) is 47.5 Å². The molecule has 0 spiro atoms. The second-order valence-corrected chi connectivity index (χ2v) is 6.04. The summed E-state index contributed by atoms with van der Waals surface area (Å²) in [6.45, 7) is -1.12. The molecule has 1 saturated heterocycles. The molecule has 0 aromatic heterocycles. The van der Waals surface area contributed by atoms with Gasteiger partial charge in [-0.1, -0.05) is 0 Å². The van der Waals surface area contributed by atoms with E-state index in [-0.39, 0.29) is 0 Å². The van der Waals surface area contributed by atoms with E-state index in [0.29, 0.717) is 5.69 Å². The smallest absolute Gasteiger partial charge is 0.394 e. The van der Waals surface area contributed by atoms with Crippen LogP contribution in [0.25, 0.3) is 0 Å². The summed E-state index contributed by atoms with van der Waals surface area (Å²) in [5.74, 6) is -5.24. The van der Waals surface area contributed by atoms with Crippen molar-refractivity contribution < 1.29 is 27.9 Å². The number of urea groups is 1. The number of benzene rings is 1. The fourth-order valence-electron chi connectivity index (χ4n) is 2.43. The Bertz CT molecular complexity index is 592. The highest BCUT2D eigenvalue weighted by atomic mass is 32.2. The lowest BCUT2D eigenvalue weighted by Gasteiger charge is -2.18. The van der Waals surface area contributed by atoms with Gasteiger partial charge in [0.15, 0.2) is 0 Å². The number of halogens is 3. The zero-order chi connectivity index (χ0) is 17.2. The Labute approximate surface area is 134 Å². The monoisotopic (exact) mass is 348 g/mol. The van der Waals surface area contributed by atoms with Gasteiger partial charge in [0, 0.05) is 23.7 Å². The summed E-state index contributed by atoms with van der Waals surface area (Å²) in [6, 6.07) is 6.07. The van der Waals surface area contributed by atoms with E-state index in [1.165, 1.54) is 11.8 Å². The summed E-state index contributed by atoms with van der Waals surface area (Å²) in [5, 5.41) is 11.4. The zero-order valence-corrected chi connectivity index (χ0v) is 12.9. The molecule has 2 rings (SSSR count). The van der Waals surface area contributed by atoms with Gasteiger partial charge in [0.25, 0.3) is 0 Å². The van der Waals surface area contributed by atoms with Gasteiger partial charge in [-0.05, 0) is 30.5 Å². The van der Waals surface area contributed by atoms with Crippen LogP contribution in [0.5, 0.6) is 0 Å². The van der Waals surface area contributed by atoms with Crippen molar-refractivity contribution in [2.24, 2.45) is 11.8 Å². The van der Waals surface area contributed by atoms with E-state index in [0.717, 1.165) is 9.80 Å². The molecular weight excluding hydrogens is 333 g/mol. The minimum absolute atomic E-state index is 0.440. The first-order valence-electron chi connectivity index (χ1n) is 6.72. The van der Waals surface area contributed by atoms with E-state index in [4.69, 9.17) is 5.11 Å². The summed E-state index contributed by atoms with van der Waals surface area (Å²) in [4.78, 5) is 24.9. The number of carboxylic acid groups (broad SMARTS) is 1. The molecule has 1 aliphatic heterocycles. The normalized spacial score (nSPS) is 21.3. The molecular formula is C14H15F3N2O3S. The number of nitrogens with one attached hydrogen (secondary N) is 1. The minimum atomic E-state index is -4.65. The number of hydrogen-bond acceptors (Lipinski definition) is 3. The molecule has 2 N–H and O–H groups in total. The lowest BCUT2D eigenvalue weighted by Crippen LogP contribution is -2.35. The highest BCUT2D eigenvalue weighted by molar-refractivity contribution is 7.98. The molecule has 1 aliphatic rings. The maximum atomic E-state index is 12.9. The molecule has 1 heterocycles. The number of amides is 2. The van der Waals surface area contributed by atoms with E-state index in [1.54, 1.807) is 24.3 Å². The van der Waals surface area contributed by atoms with Crippen LogP contribution in [0.1, 0.15) is 0 Å². The lowest BCUT2D eigenvalue weighted by atomic mass is 9.96. The van der Waals surface area contributed by atoms with Crippen LogP contribution in [0.2, 0.25) is 0 Å². The van der Waals surface area contributed by atoms with E-state index < -0.39 is 43.1 Å². The van der Waals surface area contributed by atoms with Crippen molar-refractivity contribution >= 4 is 29.4 Å². The largest absolute Gasteiger partial charge is 0.481 e. The minimum Gasteiger partial charge on any atom is -0.481 e. The van der Waals surface area contributed by atoms with Gasteiger partial charge in [-0.2, -0.15) is 13.2 Å². The van der Waals surface area contributed by atoms with Crippen LogP contribution in [-0.2, 0) is 4.79 Å². The number of anilines is 1. The Morgan fingerprint density at radius 3 is 2.30 bits per heavy atom. The third-order valence-electron chi connectivity index (χ3n) is 3.69. The van der Waals surface area contributed by atoms with Gasteiger partial charge in [-0.15, -0.1) is 11.8 Å². The molecule has 2 amide bonds. The summed E-state index contributed by atoms with van der Waals surface area (Å²) in [6.07, 6.45) is -2.76. The van der Waals surface area contributed by atoms with Crippen LogP contribution in [0.15, 0.2) is 29.2 Å². The van der Waals surface area contributed by atoms with E-state index in [9.17, 15) is 22.8 Å². The van der Waals surface area contributed by atoms with Gasteiger partial charge < -0.3 is 15.3 Å². The topological polar surface area (TPSA) is 69.6 Å². The highest BCUT2D eigenvalue weighted by Gasteiger charge is 2.53. The van der Waals surface area contributed by atoms with Gasteiger partial charge in [-0.3, -0.25) is 4.79 Å². The number of thioether (sulfide) groups is 1. The van der Waals surface area contributed by atoms with E-state index >= 15 is 0 Å². The molecule has 9 heteroatoms. The molecule has 0 aliphatic carbocycles. The van der Waals surface area contributed by atoms with Crippen molar-refractivity contribution in [1.29, 1.82) is 0 Å². The van der Waals surface area contributed by atoms with Gasteiger partial charge in [0.1, 0.15) is 0 Å². The summed E-state index contributed by atoms with van der Waals surface area (Å²) >= 11 is 1.51. The maximum absolute atomic E-state index is 12.9. The number of aliphatic carboxylic acids is 1. The molecule has 0 saturated carbocycles. The van der Waals surface area contributed by atoms with Crippen molar-refractivity contribution in [3.63, 3.8) is 0 Å². The average molecular weight is 348 g/mol. The number of carbonyl (C=O) groups is 2. The van der Waals surface area contributed by atoms with Crippen LogP contribution in [0.3, 0.4) is 0 Å². The fraction of sp³-hybridized carbons (Fsp3) is 0.429. The number of carboxylic acids is 1. The average Bonchev–Trinajstić information content (AvgIpc) is 2.93. The van der Waals surface area contributed by atoms with E-state index in [1.807, 2.05) is 6.26 Å². The van der Waals surface area contributed by atoms with Gasteiger partial charge in [0.2, 0.25) is 0 Å². The van der Waals surface area contributed by atoms with E-state index in [2.05, 4.69) is 5.32 Å². The van der Waals surface area contributed by atoms with Crippen molar-refractivity contribution in [3.8, 4) is 0 Å². The third-order valence-corrected chi connectivity index (χ3v) is 4.43. The molecule has 0 unspecified atom stereocenters. The first-order chi connectivity index (χ1) is 10.7. The quantitative estimate of drug-likeness (QED) is 0.824. The van der Waals surface area contributed by atoms with Crippen molar-refractivity contribution in [3.05, 3.63) is 24.3 Å². The number of nitrogens with zero attached hydrogens (tertiary/aromatic N) is 1. The first-order valence-corrected chi connectivity index (χ1v) is 7.94. The van der Waals surface area contributed by atoms with Gasteiger partial charge >= 0.3 is 18.2 Å². The number of likely N-dealkylation sites (tertiary alicyclic amines) is 1. The number of hydrogen-bond donors (Lipinski definition) is 2. The Balaban J connectivity index is 2.06. The second-order valence-electron chi connectivity index (χ2n) is 5.16. The van der Waals surface area contributed by atoms with Crippen LogP contribution in [0, 0.1) is 11.8 Å². The number of carbonyl (C=O) groups excluding carboxylic acids is 1.